The van der Waals surface area contributed by atoms with Crippen molar-refractivity contribution >= 4 is 11.6 Å². The lowest BCUT2D eigenvalue weighted by Crippen LogP contribution is -2.41. The number of hydrogen-bond acceptors (Lipinski definition) is 3. The SMILES string of the molecule is CN1OC(C)(c2ccc(Cl)cc2)CC1(Cn1ccnc1)c1ccccc1. The lowest BCUT2D eigenvalue weighted by Gasteiger charge is -2.34. The second kappa shape index (κ2) is 6.54. The molecule has 2 atom stereocenters. The highest BCUT2D eigenvalue weighted by molar-refractivity contribution is 6.30. The fourth-order valence-corrected chi connectivity index (χ4v) is 4.14. The van der Waals surface area contributed by atoms with Gasteiger partial charge in [0.05, 0.1) is 11.9 Å². The van der Waals surface area contributed by atoms with Crippen LogP contribution in [0.15, 0.2) is 73.3 Å². The maximum absolute atomic E-state index is 6.45. The number of hydroxylamine groups is 2. The first-order valence-corrected chi connectivity index (χ1v) is 9.10. The van der Waals surface area contributed by atoms with Crippen molar-refractivity contribution < 1.29 is 4.84 Å². The van der Waals surface area contributed by atoms with Crippen LogP contribution in [0, 0.1) is 0 Å². The second-order valence-corrected chi connectivity index (χ2v) is 7.57. The van der Waals surface area contributed by atoms with Gasteiger partial charge in [-0.3, -0.25) is 4.84 Å². The summed E-state index contributed by atoms with van der Waals surface area (Å²) in [5, 5.41) is 2.74. The van der Waals surface area contributed by atoms with Gasteiger partial charge < -0.3 is 4.57 Å². The van der Waals surface area contributed by atoms with Gasteiger partial charge in [0.15, 0.2) is 0 Å². The van der Waals surface area contributed by atoms with Crippen LogP contribution in [0.1, 0.15) is 24.5 Å². The van der Waals surface area contributed by atoms with Crippen molar-refractivity contribution in [2.24, 2.45) is 0 Å². The molecule has 0 aliphatic carbocycles. The molecule has 2 unspecified atom stereocenters. The van der Waals surface area contributed by atoms with Crippen molar-refractivity contribution in [3.05, 3.63) is 89.5 Å². The topological polar surface area (TPSA) is 30.3 Å². The lowest BCUT2D eigenvalue weighted by molar-refractivity contribution is -0.209. The van der Waals surface area contributed by atoms with Crippen LogP contribution in [-0.4, -0.2) is 21.7 Å². The zero-order valence-corrected chi connectivity index (χ0v) is 15.7. The first-order chi connectivity index (χ1) is 12.5. The minimum Gasteiger partial charge on any atom is -0.335 e. The standard InChI is InChI=1S/C21H22ClN3O/c1-20(17-8-10-19(22)11-9-17)14-21(24(2)26-20,15-25-13-12-23-16-25)18-6-4-3-5-7-18/h3-13,16H,14-15H2,1-2H3. The van der Waals surface area contributed by atoms with Gasteiger partial charge in [-0.1, -0.05) is 54.1 Å². The number of hydrogen-bond donors (Lipinski definition) is 0. The van der Waals surface area contributed by atoms with E-state index in [0.717, 1.165) is 23.6 Å². The van der Waals surface area contributed by atoms with Crippen LogP contribution in [-0.2, 0) is 22.5 Å². The Hall–Kier alpha value is -2.14. The molecular formula is C21H22ClN3O. The molecule has 4 nitrogen and oxygen atoms in total. The van der Waals surface area contributed by atoms with Crippen LogP contribution < -0.4 is 0 Å². The Kier molecular flexibility index (Phi) is 4.35. The molecule has 0 bridgehead atoms. The largest absolute Gasteiger partial charge is 0.335 e. The van der Waals surface area contributed by atoms with E-state index in [9.17, 15) is 0 Å². The van der Waals surface area contributed by atoms with Crippen LogP contribution in [0.3, 0.4) is 0 Å². The van der Waals surface area contributed by atoms with Gasteiger partial charge in [-0.15, -0.1) is 0 Å². The van der Waals surface area contributed by atoms with Crippen molar-refractivity contribution in [3.8, 4) is 0 Å². The minimum atomic E-state index is -0.435. The zero-order valence-electron chi connectivity index (χ0n) is 15.0. The molecule has 1 fully saturated rings. The number of nitrogens with zero attached hydrogens (tertiary/aromatic N) is 3. The summed E-state index contributed by atoms with van der Waals surface area (Å²) in [7, 11) is 2.02. The highest BCUT2D eigenvalue weighted by Crippen LogP contribution is 2.50. The molecule has 0 saturated carbocycles. The third kappa shape index (κ3) is 2.94. The first kappa shape index (κ1) is 17.3. The van der Waals surface area contributed by atoms with Crippen molar-refractivity contribution in [1.82, 2.24) is 14.6 Å². The Balaban J connectivity index is 1.77. The van der Waals surface area contributed by atoms with Gasteiger partial charge in [0, 0.05) is 37.4 Å². The molecule has 2 heterocycles. The smallest absolute Gasteiger partial charge is 0.114 e. The highest BCUT2D eigenvalue weighted by atomic mass is 35.5. The van der Waals surface area contributed by atoms with Crippen LogP contribution in [0.25, 0.3) is 0 Å². The number of benzene rings is 2. The van der Waals surface area contributed by atoms with Crippen molar-refractivity contribution in [3.63, 3.8) is 0 Å². The summed E-state index contributed by atoms with van der Waals surface area (Å²) in [6.45, 7) is 2.90. The van der Waals surface area contributed by atoms with E-state index in [0.29, 0.717) is 0 Å². The predicted molar refractivity (Wildman–Crippen MR) is 103 cm³/mol. The molecule has 0 radical (unpaired) electrons. The van der Waals surface area contributed by atoms with E-state index in [1.165, 1.54) is 5.56 Å². The summed E-state index contributed by atoms with van der Waals surface area (Å²) >= 11 is 6.08. The number of aromatic nitrogens is 2. The van der Waals surface area contributed by atoms with E-state index in [4.69, 9.17) is 16.4 Å². The Morgan fingerprint density at radius 3 is 2.46 bits per heavy atom. The quantitative estimate of drug-likeness (QED) is 0.674. The Morgan fingerprint density at radius 2 is 1.81 bits per heavy atom. The molecule has 1 aromatic heterocycles. The molecule has 4 rings (SSSR count). The average Bonchev–Trinajstić information content (AvgIpc) is 3.24. The third-order valence-electron chi connectivity index (χ3n) is 5.34. The summed E-state index contributed by atoms with van der Waals surface area (Å²) in [6.07, 6.45) is 6.49. The van der Waals surface area contributed by atoms with E-state index in [2.05, 4.69) is 52.9 Å². The Morgan fingerprint density at radius 1 is 1.08 bits per heavy atom. The summed E-state index contributed by atoms with van der Waals surface area (Å²) < 4.78 is 2.11. The maximum Gasteiger partial charge on any atom is 0.114 e. The predicted octanol–water partition coefficient (Wildman–Crippen LogP) is 4.61. The van der Waals surface area contributed by atoms with E-state index in [1.54, 1.807) is 0 Å². The fourth-order valence-electron chi connectivity index (χ4n) is 4.01. The van der Waals surface area contributed by atoms with Gasteiger partial charge in [0.2, 0.25) is 0 Å². The summed E-state index contributed by atoms with van der Waals surface area (Å²) in [5.41, 5.74) is 1.62. The molecule has 1 saturated heterocycles. The van der Waals surface area contributed by atoms with E-state index < -0.39 is 5.60 Å². The van der Waals surface area contributed by atoms with Crippen molar-refractivity contribution in [2.45, 2.75) is 31.0 Å². The van der Waals surface area contributed by atoms with Gasteiger partial charge in [-0.25, -0.2) is 4.98 Å². The number of rotatable bonds is 4. The van der Waals surface area contributed by atoms with Gasteiger partial charge in [-0.05, 0) is 30.2 Å². The van der Waals surface area contributed by atoms with Crippen LogP contribution in [0.2, 0.25) is 5.02 Å². The molecule has 0 spiro atoms. The lowest BCUT2D eigenvalue weighted by atomic mass is 9.78. The number of likely N-dealkylation sites (N-methyl/N-ethyl adjacent to an activating group) is 1. The average molecular weight is 368 g/mol. The molecule has 2 aromatic carbocycles. The molecule has 1 aliphatic rings. The fraction of sp³-hybridized carbons (Fsp3) is 0.286. The van der Waals surface area contributed by atoms with Gasteiger partial charge in [0.1, 0.15) is 5.60 Å². The number of halogens is 1. The van der Waals surface area contributed by atoms with Crippen LogP contribution in [0.5, 0.6) is 0 Å². The molecule has 5 heteroatoms. The summed E-state index contributed by atoms with van der Waals surface area (Å²) in [5.74, 6) is 0. The van der Waals surface area contributed by atoms with Gasteiger partial charge in [-0.2, -0.15) is 5.06 Å². The van der Waals surface area contributed by atoms with Crippen molar-refractivity contribution in [2.75, 3.05) is 7.05 Å². The normalized spacial score (nSPS) is 26.3. The zero-order chi connectivity index (χ0) is 18.2. The van der Waals surface area contributed by atoms with Crippen LogP contribution >= 0.6 is 11.6 Å². The Labute approximate surface area is 158 Å². The summed E-state index contributed by atoms with van der Waals surface area (Å²) in [6, 6.07) is 18.5. The highest BCUT2D eigenvalue weighted by Gasteiger charge is 2.53. The molecule has 134 valence electrons. The molecule has 0 N–H and O–H groups in total. The second-order valence-electron chi connectivity index (χ2n) is 7.14. The van der Waals surface area contributed by atoms with Crippen molar-refractivity contribution in [1.29, 1.82) is 0 Å². The molecule has 0 amide bonds. The Bertz CT molecular complexity index is 866. The molecule has 1 aliphatic heterocycles. The monoisotopic (exact) mass is 367 g/mol. The van der Waals surface area contributed by atoms with E-state index in [-0.39, 0.29) is 5.54 Å². The van der Waals surface area contributed by atoms with E-state index in [1.807, 2.05) is 49.0 Å². The first-order valence-electron chi connectivity index (χ1n) is 8.72. The van der Waals surface area contributed by atoms with Gasteiger partial charge >= 0.3 is 0 Å². The molecule has 3 aromatic rings. The number of imidazole rings is 1. The minimum absolute atomic E-state index is 0.295. The van der Waals surface area contributed by atoms with Gasteiger partial charge in [0.25, 0.3) is 0 Å². The molecule has 26 heavy (non-hydrogen) atoms. The van der Waals surface area contributed by atoms with Crippen LogP contribution in [0.4, 0.5) is 0 Å². The summed E-state index contributed by atoms with van der Waals surface area (Å²) in [4.78, 5) is 10.7. The third-order valence-corrected chi connectivity index (χ3v) is 5.59. The maximum atomic E-state index is 6.45. The van der Waals surface area contributed by atoms with E-state index >= 15 is 0 Å². The molecular weight excluding hydrogens is 346 g/mol.